The van der Waals surface area contributed by atoms with E-state index in [0.717, 1.165) is 61.0 Å². The molecule has 2 aromatic heterocycles. The van der Waals surface area contributed by atoms with Gasteiger partial charge < -0.3 is 9.47 Å². The van der Waals surface area contributed by atoms with Crippen molar-refractivity contribution in [1.29, 1.82) is 0 Å². The van der Waals surface area contributed by atoms with Crippen LogP contribution in [0.5, 0.6) is 0 Å². The molecular formula is C26H30N6. The van der Waals surface area contributed by atoms with Gasteiger partial charge in [-0.05, 0) is 44.0 Å². The number of aromatic nitrogens is 4. The van der Waals surface area contributed by atoms with E-state index in [0.29, 0.717) is 0 Å². The molecule has 0 saturated carbocycles. The lowest BCUT2D eigenvalue weighted by atomic mass is 10.00. The molecule has 0 amide bonds. The molecule has 0 aliphatic carbocycles. The SMILES string of the molecule is CCn1c(CN2CCC[C@H]2c2nc(N(C)C)ncc2-c2ccccc2)nc2ccccc21. The van der Waals surface area contributed by atoms with Gasteiger partial charge in [-0.15, -0.1) is 0 Å². The number of nitrogens with zero attached hydrogens (tertiary/aromatic N) is 6. The van der Waals surface area contributed by atoms with Crippen LogP contribution in [-0.2, 0) is 13.1 Å². The Morgan fingerprint density at radius 1 is 1.00 bits per heavy atom. The number of fused-ring (bicyclic) bond motifs is 1. The van der Waals surface area contributed by atoms with Crippen molar-refractivity contribution in [2.24, 2.45) is 0 Å². The standard InChI is InChI=1S/C26H30N6/c1-4-32-22-14-9-8-13-21(22)28-24(32)18-31-16-10-15-23(31)25-20(19-11-6-5-7-12-19)17-27-26(29-25)30(2)3/h5-9,11-14,17,23H,4,10,15-16,18H2,1-3H3/t23-/m0/s1. The fourth-order valence-corrected chi connectivity index (χ4v) is 4.80. The first-order chi connectivity index (χ1) is 15.7. The highest BCUT2D eigenvalue weighted by Crippen LogP contribution is 2.38. The van der Waals surface area contributed by atoms with E-state index >= 15 is 0 Å². The van der Waals surface area contributed by atoms with Crippen LogP contribution >= 0.6 is 0 Å². The molecule has 0 bridgehead atoms. The molecular weight excluding hydrogens is 396 g/mol. The first-order valence-electron chi connectivity index (χ1n) is 11.4. The Bertz CT molecular complexity index is 1210. The highest BCUT2D eigenvalue weighted by atomic mass is 15.3. The molecule has 2 aromatic carbocycles. The maximum atomic E-state index is 5.05. The van der Waals surface area contributed by atoms with Gasteiger partial charge in [0.25, 0.3) is 0 Å². The van der Waals surface area contributed by atoms with Crippen molar-refractivity contribution in [3.63, 3.8) is 0 Å². The fraction of sp³-hybridized carbons (Fsp3) is 0.346. The van der Waals surface area contributed by atoms with Crippen molar-refractivity contribution >= 4 is 17.0 Å². The van der Waals surface area contributed by atoms with Crippen LogP contribution in [0.1, 0.15) is 37.3 Å². The molecule has 1 aliphatic heterocycles. The maximum absolute atomic E-state index is 5.05. The van der Waals surface area contributed by atoms with Crippen LogP contribution in [0.3, 0.4) is 0 Å². The molecule has 32 heavy (non-hydrogen) atoms. The van der Waals surface area contributed by atoms with Crippen LogP contribution in [0.4, 0.5) is 5.95 Å². The lowest BCUT2D eigenvalue weighted by molar-refractivity contribution is 0.236. The molecule has 4 aromatic rings. The fourth-order valence-electron chi connectivity index (χ4n) is 4.80. The Hall–Kier alpha value is -3.25. The van der Waals surface area contributed by atoms with Gasteiger partial charge in [0, 0.05) is 32.4 Å². The molecule has 3 heterocycles. The van der Waals surface area contributed by atoms with Crippen molar-refractivity contribution in [2.45, 2.75) is 38.9 Å². The number of likely N-dealkylation sites (tertiary alicyclic amines) is 1. The van der Waals surface area contributed by atoms with Gasteiger partial charge in [0.2, 0.25) is 5.95 Å². The average molecular weight is 427 g/mol. The zero-order valence-electron chi connectivity index (χ0n) is 19.1. The minimum atomic E-state index is 0.247. The minimum absolute atomic E-state index is 0.247. The quantitative estimate of drug-likeness (QED) is 0.438. The van der Waals surface area contributed by atoms with Gasteiger partial charge in [0.15, 0.2) is 0 Å². The zero-order chi connectivity index (χ0) is 22.1. The Labute approximate surface area is 189 Å². The summed E-state index contributed by atoms with van der Waals surface area (Å²) >= 11 is 0. The number of aryl methyl sites for hydroxylation is 1. The second-order valence-electron chi connectivity index (χ2n) is 8.62. The number of benzene rings is 2. The largest absolute Gasteiger partial charge is 0.347 e. The molecule has 0 unspecified atom stereocenters. The second kappa shape index (κ2) is 8.71. The van der Waals surface area contributed by atoms with E-state index < -0.39 is 0 Å². The van der Waals surface area contributed by atoms with E-state index in [1.807, 2.05) is 25.2 Å². The van der Waals surface area contributed by atoms with Crippen LogP contribution in [0, 0.1) is 0 Å². The predicted molar refractivity (Wildman–Crippen MR) is 130 cm³/mol. The maximum Gasteiger partial charge on any atom is 0.225 e. The summed E-state index contributed by atoms with van der Waals surface area (Å²) in [7, 11) is 3.99. The topological polar surface area (TPSA) is 50.1 Å². The van der Waals surface area contributed by atoms with Gasteiger partial charge in [-0.25, -0.2) is 15.0 Å². The van der Waals surface area contributed by atoms with Gasteiger partial charge in [0.1, 0.15) is 5.82 Å². The predicted octanol–water partition coefficient (Wildman–Crippen LogP) is 4.92. The van der Waals surface area contributed by atoms with E-state index in [9.17, 15) is 0 Å². The highest BCUT2D eigenvalue weighted by Gasteiger charge is 2.31. The van der Waals surface area contributed by atoms with Gasteiger partial charge in [-0.1, -0.05) is 42.5 Å². The molecule has 0 N–H and O–H groups in total. The van der Waals surface area contributed by atoms with E-state index in [-0.39, 0.29) is 6.04 Å². The van der Waals surface area contributed by atoms with Crippen LogP contribution in [0.2, 0.25) is 0 Å². The summed E-state index contributed by atoms with van der Waals surface area (Å²) in [5.41, 5.74) is 5.69. The van der Waals surface area contributed by atoms with Crippen LogP contribution < -0.4 is 4.90 Å². The first kappa shape index (κ1) is 20.6. The molecule has 1 saturated heterocycles. The molecule has 0 radical (unpaired) electrons. The summed E-state index contributed by atoms with van der Waals surface area (Å²) < 4.78 is 2.34. The van der Waals surface area contributed by atoms with Gasteiger partial charge in [-0.3, -0.25) is 4.90 Å². The molecule has 1 atom stereocenters. The Morgan fingerprint density at radius 2 is 1.78 bits per heavy atom. The zero-order valence-corrected chi connectivity index (χ0v) is 19.1. The Balaban J connectivity index is 1.54. The molecule has 5 rings (SSSR count). The summed E-state index contributed by atoms with van der Waals surface area (Å²) in [4.78, 5) is 19.2. The first-order valence-corrected chi connectivity index (χ1v) is 11.4. The normalized spacial score (nSPS) is 16.7. The minimum Gasteiger partial charge on any atom is -0.347 e. The number of anilines is 1. The summed E-state index contributed by atoms with van der Waals surface area (Å²) in [6.45, 7) is 4.98. The third-order valence-corrected chi connectivity index (χ3v) is 6.36. The highest BCUT2D eigenvalue weighted by molar-refractivity contribution is 5.75. The van der Waals surface area contributed by atoms with E-state index in [2.05, 4.69) is 76.0 Å². The molecule has 164 valence electrons. The summed E-state index contributed by atoms with van der Waals surface area (Å²) in [6.07, 6.45) is 4.24. The molecule has 1 aliphatic rings. The number of para-hydroxylation sites is 2. The Kier molecular flexibility index (Phi) is 5.62. The Morgan fingerprint density at radius 3 is 2.56 bits per heavy atom. The molecule has 1 fully saturated rings. The average Bonchev–Trinajstić information content (AvgIpc) is 3.43. The van der Waals surface area contributed by atoms with E-state index in [1.54, 1.807) is 0 Å². The number of hydrogen-bond donors (Lipinski definition) is 0. The molecule has 6 heteroatoms. The van der Waals surface area contributed by atoms with Crippen molar-refractivity contribution in [1.82, 2.24) is 24.4 Å². The van der Waals surface area contributed by atoms with Gasteiger partial charge in [-0.2, -0.15) is 0 Å². The summed E-state index contributed by atoms with van der Waals surface area (Å²) in [5.74, 6) is 1.89. The van der Waals surface area contributed by atoms with Crippen molar-refractivity contribution in [3.8, 4) is 11.1 Å². The third kappa shape index (κ3) is 3.75. The lowest BCUT2D eigenvalue weighted by Gasteiger charge is -2.26. The molecule has 6 nitrogen and oxygen atoms in total. The number of hydrogen-bond acceptors (Lipinski definition) is 5. The van der Waals surface area contributed by atoms with Crippen molar-refractivity contribution in [3.05, 3.63) is 72.3 Å². The number of rotatable bonds is 6. The van der Waals surface area contributed by atoms with Gasteiger partial charge >= 0.3 is 0 Å². The van der Waals surface area contributed by atoms with Crippen LogP contribution in [0.15, 0.2) is 60.8 Å². The van der Waals surface area contributed by atoms with E-state index in [1.165, 1.54) is 11.1 Å². The lowest BCUT2D eigenvalue weighted by Crippen LogP contribution is -2.26. The van der Waals surface area contributed by atoms with Crippen LogP contribution in [0.25, 0.3) is 22.2 Å². The molecule has 0 spiro atoms. The second-order valence-corrected chi connectivity index (χ2v) is 8.62. The summed E-state index contributed by atoms with van der Waals surface area (Å²) in [5, 5.41) is 0. The third-order valence-electron chi connectivity index (χ3n) is 6.36. The smallest absolute Gasteiger partial charge is 0.225 e. The van der Waals surface area contributed by atoms with Crippen LogP contribution in [-0.4, -0.2) is 45.1 Å². The van der Waals surface area contributed by atoms with E-state index in [4.69, 9.17) is 9.97 Å². The van der Waals surface area contributed by atoms with Crippen molar-refractivity contribution < 1.29 is 0 Å². The van der Waals surface area contributed by atoms with Gasteiger partial charge in [0.05, 0.1) is 29.3 Å². The number of imidazole rings is 1. The summed E-state index contributed by atoms with van der Waals surface area (Å²) in [6, 6.07) is 19.2. The van der Waals surface area contributed by atoms with Crippen molar-refractivity contribution in [2.75, 3.05) is 25.5 Å². The monoisotopic (exact) mass is 426 g/mol.